The van der Waals surface area contributed by atoms with Gasteiger partial charge in [0.05, 0.1) is 6.04 Å². The zero-order valence-corrected chi connectivity index (χ0v) is 11.4. The zero-order valence-electron chi connectivity index (χ0n) is 10.6. The van der Waals surface area contributed by atoms with Crippen LogP contribution in [0.1, 0.15) is 36.2 Å². The van der Waals surface area contributed by atoms with Gasteiger partial charge in [0.15, 0.2) is 0 Å². The third-order valence-corrected chi connectivity index (χ3v) is 3.46. The molecule has 6 nitrogen and oxygen atoms in total. The largest absolute Gasteiger partial charge is 0.480 e. The van der Waals surface area contributed by atoms with Crippen LogP contribution in [-0.4, -0.2) is 28.1 Å². The monoisotopic (exact) mass is 271 g/mol. The van der Waals surface area contributed by atoms with E-state index in [1.807, 2.05) is 6.92 Å². The molecule has 7 heteroatoms. The van der Waals surface area contributed by atoms with Gasteiger partial charge in [-0.3, -0.25) is 0 Å². The first-order valence-electron chi connectivity index (χ1n) is 5.66. The number of hydrogen-bond acceptors (Lipinski definition) is 4. The van der Waals surface area contributed by atoms with Crippen LogP contribution >= 0.6 is 11.3 Å². The van der Waals surface area contributed by atoms with Gasteiger partial charge in [0.1, 0.15) is 11.0 Å². The average molecular weight is 271 g/mol. The molecular formula is C11H17N3O3S. The van der Waals surface area contributed by atoms with Gasteiger partial charge >= 0.3 is 12.0 Å². The van der Waals surface area contributed by atoms with Gasteiger partial charge in [-0.2, -0.15) is 0 Å². The van der Waals surface area contributed by atoms with Crippen molar-refractivity contribution in [1.29, 1.82) is 0 Å². The van der Waals surface area contributed by atoms with Crippen molar-refractivity contribution >= 4 is 23.3 Å². The van der Waals surface area contributed by atoms with E-state index in [0.717, 1.165) is 9.88 Å². The number of rotatable bonds is 5. The number of carboxylic acid groups (broad SMARTS) is 1. The summed E-state index contributed by atoms with van der Waals surface area (Å²) in [5, 5.41) is 14.7. The van der Waals surface area contributed by atoms with E-state index in [-0.39, 0.29) is 6.04 Å². The van der Waals surface area contributed by atoms with E-state index in [9.17, 15) is 9.59 Å². The first-order valence-corrected chi connectivity index (χ1v) is 6.47. The molecule has 0 aromatic carbocycles. The Labute approximate surface area is 109 Å². The van der Waals surface area contributed by atoms with Crippen LogP contribution in [0.3, 0.4) is 0 Å². The summed E-state index contributed by atoms with van der Waals surface area (Å²) < 4.78 is 0. The molecule has 100 valence electrons. The lowest BCUT2D eigenvalue weighted by molar-refractivity contribution is -0.139. The van der Waals surface area contributed by atoms with E-state index in [4.69, 9.17) is 5.11 Å². The maximum Gasteiger partial charge on any atom is 0.326 e. The number of hydrogen-bond donors (Lipinski definition) is 3. The highest BCUT2D eigenvalue weighted by atomic mass is 32.1. The Kier molecular flexibility index (Phi) is 5.08. The molecule has 0 aliphatic carbocycles. The second-order valence-corrected chi connectivity index (χ2v) is 5.21. The molecule has 2 atom stereocenters. The number of carbonyl (C=O) groups is 2. The normalized spacial score (nSPS) is 13.7. The summed E-state index contributed by atoms with van der Waals surface area (Å²) in [5.41, 5.74) is 0. The van der Waals surface area contributed by atoms with E-state index in [0.29, 0.717) is 6.42 Å². The second-order valence-electron chi connectivity index (χ2n) is 3.95. The van der Waals surface area contributed by atoms with Gasteiger partial charge in [-0.05, 0) is 20.3 Å². The fourth-order valence-electron chi connectivity index (χ4n) is 1.37. The van der Waals surface area contributed by atoms with Crippen LogP contribution in [-0.2, 0) is 4.79 Å². The van der Waals surface area contributed by atoms with Crippen molar-refractivity contribution in [2.75, 3.05) is 0 Å². The van der Waals surface area contributed by atoms with Crippen LogP contribution < -0.4 is 10.6 Å². The highest BCUT2D eigenvalue weighted by molar-refractivity contribution is 7.11. The molecule has 0 aliphatic heterocycles. The minimum Gasteiger partial charge on any atom is -0.480 e. The van der Waals surface area contributed by atoms with Gasteiger partial charge in [-0.15, -0.1) is 11.3 Å². The predicted octanol–water partition coefficient (Wildman–Crippen LogP) is 1.67. The van der Waals surface area contributed by atoms with Gasteiger partial charge in [0.2, 0.25) is 0 Å². The first kappa shape index (κ1) is 14.4. The SMILES string of the molecule is CC[C@@H](NC(=O)NC(C)c1ncc(C)s1)C(=O)O. The van der Waals surface area contributed by atoms with Crippen molar-refractivity contribution in [1.82, 2.24) is 15.6 Å². The highest BCUT2D eigenvalue weighted by Crippen LogP contribution is 2.18. The summed E-state index contributed by atoms with van der Waals surface area (Å²) in [6, 6.07) is -1.60. The number of nitrogens with one attached hydrogen (secondary N) is 2. The van der Waals surface area contributed by atoms with E-state index in [1.165, 1.54) is 11.3 Å². The number of aliphatic carboxylic acids is 1. The number of nitrogens with zero attached hydrogens (tertiary/aromatic N) is 1. The molecule has 1 aromatic rings. The lowest BCUT2D eigenvalue weighted by atomic mass is 10.2. The fraction of sp³-hybridized carbons (Fsp3) is 0.545. The summed E-state index contributed by atoms with van der Waals surface area (Å²) in [4.78, 5) is 27.6. The summed E-state index contributed by atoms with van der Waals surface area (Å²) in [5.74, 6) is -1.04. The molecule has 2 amide bonds. The van der Waals surface area contributed by atoms with Crippen molar-refractivity contribution in [3.63, 3.8) is 0 Å². The molecule has 1 rings (SSSR count). The smallest absolute Gasteiger partial charge is 0.326 e. The lowest BCUT2D eigenvalue weighted by Gasteiger charge is -2.16. The summed E-state index contributed by atoms with van der Waals surface area (Å²) in [6.45, 7) is 5.44. The maximum atomic E-state index is 11.6. The Balaban J connectivity index is 2.52. The van der Waals surface area contributed by atoms with Gasteiger partial charge in [0.25, 0.3) is 0 Å². The van der Waals surface area contributed by atoms with Crippen LogP contribution in [0.25, 0.3) is 0 Å². The standard InChI is InChI=1S/C11H17N3O3S/c1-4-8(10(15)16)14-11(17)13-7(3)9-12-5-6(2)18-9/h5,7-8H,4H2,1-3H3,(H,15,16)(H2,13,14,17)/t7?,8-/m1/s1. The number of carbonyl (C=O) groups excluding carboxylic acids is 1. The van der Waals surface area contributed by atoms with E-state index in [2.05, 4.69) is 15.6 Å². The van der Waals surface area contributed by atoms with Crippen molar-refractivity contribution < 1.29 is 14.7 Å². The molecule has 0 fully saturated rings. The number of aromatic nitrogens is 1. The molecule has 0 saturated heterocycles. The number of urea groups is 1. The first-order chi connectivity index (χ1) is 8.43. The van der Waals surface area contributed by atoms with Crippen LogP contribution in [0.4, 0.5) is 4.79 Å². The van der Waals surface area contributed by atoms with Crippen molar-refractivity contribution in [2.24, 2.45) is 0 Å². The Bertz CT molecular complexity index is 433. The van der Waals surface area contributed by atoms with Crippen LogP contribution in [0.15, 0.2) is 6.20 Å². The number of carboxylic acids is 1. The Morgan fingerprint density at radius 1 is 1.50 bits per heavy atom. The number of amides is 2. The van der Waals surface area contributed by atoms with E-state index in [1.54, 1.807) is 20.0 Å². The maximum absolute atomic E-state index is 11.6. The van der Waals surface area contributed by atoms with Crippen molar-refractivity contribution in [3.05, 3.63) is 16.1 Å². The lowest BCUT2D eigenvalue weighted by Crippen LogP contribution is -2.46. The summed E-state index contributed by atoms with van der Waals surface area (Å²) in [7, 11) is 0. The molecule has 18 heavy (non-hydrogen) atoms. The molecule has 0 bridgehead atoms. The highest BCUT2D eigenvalue weighted by Gasteiger charge is 2.19. The third kappa shape index (κ3) is 3.99. The molecule has 0 spiro atoms. The molecule has 0 radical (unpaired) electrons. The summed E-state index contributed by atoms with van der Waals surface area (Å²) in [6.07, 6.45) is 2.08. The van der Waals surface area contributed by atoms with Crippen LogP contribution in [0, 0.1) is 6.92 Å². The molecule has 3 N–H and O–H groups in total. The van der Waals surface area contributed by atoms with E-state index < -0.39 is 18.0 Å². The van der Waals surface area contributed by atoms with Gasteiger partial charge in [-0.1, -0.05) is 6.92 Å². The number of aryl methyl sites for hydroxylation is 1. The quantitative estimate of drug-likeness (QED) is 0.759. The molecule has 1 unspecified atom stereocenters. The molecular weight excluding hydrogens is 254 g/mol. The molecule has 0 saturated carbocycles. The molecule has 0 aliphatic rings. The van der Waals surface area contributed by atoms with Crippen LogP contribution in [0.2, 0.25) is 0 Å². The Morgan fingerprint density at radius 2 is 2.17 bits per heavy atom. The minimum absolute atomic E-state index is 0.241. The third-order valence-electron chi connectivity index (χ3n) is 2.37. The van der Waals surface area contributed by atoms with Crippen molar-refractivity contribution in [3.8, 4) is 0 Å². The van der Waals surface area contributed by atoms with E-state index >= 15 is 0 Å². The van der Waals surface area contributed by atoms with Gasteiger partial charge < -0.3 is 15.7 Å². The fourth-order valence-corrected chi connectivity index (χ4v) is 2.15. The number of thiazole rings is 1. The molecule has 1 aromatic heterocycles. The average Bonchev–Trinajstić information content (AvgIpc) is 2.72. The molecule has 1 heterocycles. The Hall–Kier alpha value is -1.63. The predicted molar refractivity (Wildman–Crippen MR) is 68.6 cm³/mol. The zero-order chi connectivity index (χ0) is 13.7. The Morgan fingerprint density at radius 3 is 2.61 bits per heavy atom. The minimum atomic E-state index is -1.04. The van der Waals surface area contributed by atoms with Crippen molar-refractivity contribution in [2.45, 2.75) is 39.3 Å². The van der Waals surface area contributed by atoms with Gasteiger partial charge in [0, 0.05) is 11.1 Å². The topological polar surface area (TPSA) is 91.3 Å². The summed E-state index contributed by atoms with van der Waals surface area (Å²) >= 11 is 1.50. The second kappa shape index (κ2) is 6.34. The van der Waals surface area contributed by atoms with Gasteiger partial charge in [-0.25, -0.2) is 14.6 Å². The van der Waals surface area contributed by atoms with Crippen LogP contribution in [0.5, 0.6) is 0 Å².